The number of thioether (sulfide) groups is 1. The summed E-state index contributed by atoms with van der Waals surface area (Å²) in [7, 11) is -3.90. The maximum atomic E-state index is 13.6. The zero-order valence-corrected chi connectivity index (χ0v) is 21.4. The molecule has 1 aliphatic heterocycles. The molecule has 1 fully saturated rings. The molecule has 3 aromatic carbocycles. The van der Waals surface area contributed by atoms with Crippen LogP contribution in [0.5, 0.6) is 5.88 Å². The number of nitrogens with zero attached hydrogens (tertiary/aromatic N) is 2. The first-order chi connectivity index (χ1) is 17.9. The third-order valence-electron chi connectivity index (χ3n) is 6.16. The van der Waals surface area contributed by atoms with Crippen molar-refractivity contribution in [2.24, 2.45) is 0 Å². The normalized spacial score (nSPS) is 16.8. The molecule has 2 atom stereocenters. The van der Waals surface area contributed by atoms with Crippen LogP contribution in [0.4, 0.5) is 0 Å². The van der Waals surface area contributed by atoms with E-state index < -0.39 is 27.3 Å². The largest absolute Gasteiger partial charge is 0.493 e. The molecule has 0 radical (unpaired) electrons. The Morgan fingerprint density at radius 2 is 1.54 bits per heavy atom. The molecular weight excluding hydrogens is 506 g/mol. The molecule has 9 heteroatoms. The summed E-state index contributed by atoms with van der Waals surface area (Å²) < 4.78 is 28.4. The Morgan fingerprint density at radius 1 is 0.892 bits per heavy atom. The zero-order chi connectivity index (χ0) is 25.8. The van der Waals surface area contributed by atoms with Gasteiger partial charge in [-0.2, -0.15) is 4.31 Å². The summed E-state index contributed by atoms with van der Waals surface area (Å²) in [5.41, 5.74) is 3.40. The van der Waals surface area contributed by atoms with E-state index in [2.05, 4.69) is 10.3 Å². The summed E-state index contributed by atoms with van der Waals surface area (Å²) in [5, 5.41) is 11.7. The van der Waals surface area contributed by atoms with Gasteiger partial charge in [-0.25, -0.2) is 13.4 Å². The highest BCUT2D eigenvalue weighted by Gasteiger charge is 2.41. The monoisotopic (exact) mass is 531 g/mol. The predicted octanol–water partition coefficient (Wildman–Crippen LogP) is 4.42. The summed E-state index contributed by atoms with van der Waals surface area (Å²) in [4.78, 5) is 17.6. The van der Waals surface area contributed by atoms with Crippen molar-refractivity contribution in [2.75, 3.05) is 12.3 Å². The van der Waals surface area contributed by atoms with Crippen LogP contribution in [0.15, 0.2) is 108 Å². The lowest BCUT2D eigenvalue weighted by Crippen LogP contribution is -2.45. The Balaban J connectivity index is 1.39. The van der Waals surface area contributed by atoms with Crippen LogP contribution in [-0.2, 0) is 14.8 Å². The lowest BCUT2D eigenvalue weighted by Gasteiger charge is -2.26. The molecule has 37 heavy (non-hydrogen) atoms. The number of pyridine rings is 1. The van der Waals surface area contributed by atoms with E-state index in [1.807, 2.05) is 60.7 Å². The highest BCUT2D eigenvalue weighted by atomic mass is 32.2. The van der Waals surface area contributed by atoms with Crippen molar-refractivity contribution < 1.29 is 18.3 Å². The van der Waals surface area contributed by atoms with Gasteiger partial charge in [0.1, 0.15) is 5.37 Å². The van der Waals surface area contributed by atoms with Gasteiger partial charge in [-0.05, 0) is 40.5 Å². The fourth-order valence-corrected chi connectivity index (χ4v) is 7.36. The number of hydrogen-bond donors (Lipinski definition) is 2. The van der Waals surface area contributed by atoms with Gasteiger partial charge >= 0.3 is 0 Å². The van der Waals surface area contributed by atoms with Crippen LogP contribution in [0.2, 0.25) is 0 Å². The molecule has 2 heterocycles. The number of aromatic hydroxyl groups is 1. The Labute approximate surface area is 220 Å². The minimum absolute atomic E-state index is 0.121. The first-order valence-corrected chi connectivity index (χ1v) is 14.2. The summed E-state index contributed by atoms with van der Waals surface area (Å²) in [6, 6.07) is 28.4. The van der Waals surface area contributed by atoms with Crippen molar-refractivity contribution in [3.63, 3.8) is 0 Å². The summed E-state index contributed by atoms with van der Waals surface area (Å²) >= 11 is 1.29. The van der Waals surface area contributed by atoms with Crippen molar-refractivity contribution in [3.05, 3.63) is 114 Å². The lowest BCUT2D eigenvalue weighted by atomic mass is 10.00. The van der Waals surface area contributed by atoms with Crippen molar-refractivity contribution in [1.82, 2.24) is 14.6 Å². The van der Waals surface area contributed by atoms with Crippen molar-refractivity contribution >= 4 is 27.7 Å². The molecule has 5 rings (SSSR count). The fourth-order valence-electron chi connectivity index (χ4n) is 4.28. The van der Waals surface area contributed by atoms with Crippen LogP contribution < -0.4 is 5.32 Å². The molecule has 2 N–H and O–H groups in total. The number of carbonyl (C=O) groups excluding carboxylic acids is 1. The molecular formula is C28H25N3O4S2. The molecule has 0 saturated carbocycles. The fraction of sp³-hybridized carbons (Fsp3) is 0.143. The molecule has 0 aliphatic carbocycles. The maximum absolute atomic E-state index is 13.6. The molecule has 188 valence electrons. The van der Waals surface area contributed by atoms with E-state index in [0.717, 1.165) is 16.7 Å². The molecule has 2 unspecified atom stereocenters. The molecule has 0 bridgehead atoms. The molecule has 7 nitrogen and oxygen atoms in total. The summed E-state index contributed by atoms with van der Waals surface area (Å²) in [6.07, 6.45) is 1.50. The molecule has 1 amide bonds. The average Bonchev–Trinajstić information content (AvgIpc) is 3.45. The number of benzene rings is 3. The Hall–Kier alpha value is -3.66. The highest BCUT2D eigenvalue weighted by molar-refractivity contribution is 8.02. The minimum atomic E-state index is -3.90. The number of rotatable bonds is 7. The zero-order valence-electron chi connectivity index (χ0n) is 19.8. The van der Waals surface area contributed by atoms with Crippen LogP contribution in [0.1, 0.15) is 17.2 Å². The van der Waals surface area contributed by atoms with Crippen LogP contribution in [-0.4, -0.2) is 46.4 Å². The first kappa shape index (κ1) is 25.0. The van der Waals surface area contributed by atoms with Gasteiger partial charge in [-0.3, -0.25) is 4.79 Å². The van der Waals surface area contributed by atoms with Gasteiger partial charge in [0, 0.05) is 24.6 Å². The van der Waals surface area contributed by atoms with Crippen LogP contribution in [0, 0.1) is 0 Å². The van der Waals surface area contributed by atoms with Crippen molar-refractivity contribution in [1.29, 1.82) is 0 Å². The van der Waals surface area contributed by atoms with E-state index in [1.165, 1.54) is 28.3 Å². The van der Waals surface area contributed by atoms with Crippen molar-refractivity contribution in [2.45, 2.75) is 16.3 Å². The van der Waals surface area contributed by atoms with Gasteiger partial charge in [0.05, 0.1) is 10.9 Å². The van der Waals surface area contributed by atoms with Gasteiger partial charge in [0.15, 0.2) is 0 Å². The summed E-state index contributed by atoms with van der Waals surface area (Å²) in [5.74, 6) is -0.0198. The smallest absolute Gasteiger partial charge is 0.249 e. The third-order valence-corrected chi connectivity index (χ3v) is 9.38. The van der Waals surface area contributed by atoms with E-state index in [0.29, 0.717) is 11.3 Å². The quantitative estimate of drug-likeness (QED) is 0.366. The van der Waals surface area contributed by atoms with Crippen molar-refractivity contribution in [3.8, 4) is 17.0 Å². The number of aromatic nitrogens is 1. The Kier molecular flexibility index (Phi) is 7.27. The number of sulfonamides is 1. The third kappa shape index (κ3) is 5.39. The predicted molar refractivity (Wildman–Crippen MR) is 144 cm³/mol. The SMILES string of the molecule is O=C(NC(c1ccccc1)c1ccc(O)nc1)C1SCCN1S(=O)(=O)c1ccc(-c2ccccc2)cc1. The molecule has 4 aromatic rings. The number of nitrogens with one attached hydrogen (secondary N) is 1. The van der Waals surface area contributed by atoms with Crippen LogP contribution >= 0.6 is 11.8 Å². The standard InChI is InChI=1S/C28H25N3O4S2/c32-25-16-13-23(19-29-25)26(22-9-5-2-6-10-22)30-27(33)28-31(17-18-36-28)37(34,35)24-14-11-21(12-15-24)20-7-3-1-4-8-20/h1-16,19,26,28H,17-18H2,(H,29,32)(H,30,33). The Morgan fingerprint density at radius 3 is 2.19 bits per heavy atom. The Bertz CT molecular complexity index is 1460. The van der Waals surface area contributed by atoms with Gasteiger partial charge in [0.2, 0.25) is 21.8 Å². The van der Waals surface area contributed by atoms with Gasteiger partial charge in [-0.15, -0.1) is 11.8 Å². The lowest BCUT2D eigenvalue weighted by molar-refractivity contribution is -0.122. The second kappa shape index (κ2) is 10.8. The average molecular weight is 532 g/mol. The highest BCUT2D eigenvalue weighted by Crippen LogP contribution is 2.32. The first-order valence-electron chi connectivity index (χ1n) is 11.7. The van der Waals surface area contributed by atoms with Gasteiger partial charge in [-0.1, -0.05) is 72.8 Å². The molecule has 1 saturated heterocycles. The minimum Gasteiger partial charge on any atom is -0.493 e. The van der Waals surface area contributed by atoms with E-state index in [-0.39, 0.29) is 17.3 Å². The topological polar surface area (TPSA) is 99.6 Å². The second-order valence-corrected chi connectivity index (χ2v) is 11.6. The second-order valence-electron chi connectivity index (χ2n) is 8.53. The number of amides is 1. The van der Waals surface area contributed by atoms with E-state index in [9.17, 15) is 18.3 Å². The van der Waals surface area contributed by atoms with Crippen LogP contribution in [0.25, 0.3) is 11.1 Å². The molecule has 1 aliphatic rings. The van der Waals surface area contributed by atoms with Gasteiger partial charge < -0.3 is 10.4 Å². The summed E-state index contributed by atoms with van der Waals surface area (Å²) in [6.45, 7) is 0.238. The van der Waals surface area contributed by atoms with Gasteiger partial charge in [0.25, 0.3) is 0 Å². The molecule has 1 aromatic heterocycles. The molecule has 0 spiro atoms. The van der Waals surface area contributed by atoms with E-state index >= 15 is 0 Å². The van der Waals surface area contributed by atoms with Crippen LogP contribution in [0.3, 0.4) is 0 Å². The number of carbonyl (C=O) groups is 1. The number of hydrogen-bond acceptors (Lipinski definition) is 6. The van der Waals surface area contributed by atoms with E-state index in [4.69, 9.17) is 0 Å². The maximum Gasteiger partial charge on any atom is 0.249 e. The van der Waals surface area contributed by atoms with E-state index in [1.54, 1.807) is 30.3 Å².